The summed E-state index contributed by atoms with van der Waals surface area (Å²) >= 11 is 3.16. The van der Waals surface area contributed by atoms with E-state index in [0.29, 0.717) is 18.4 Å². The fraction of sp³-hybridized carbons (Fsp3) is 0.857. The molecular formula is C7H13BrO2. The van der Waals surface area contributed by atoms with E-state index in [4.69, 9.17) is 4.74 Å². The normalized spacial score (nSPS) is 9.40. The van der Waals surface area contributed by atoms with Crippen LogP contribution in [0.2, 0.25) is 0 Å². The molecule has 0 saturated carbocycles. The van der Waals surface area contributed by atoms with Crippen molar-refractivity contribution in [2.24, 2.45) is 0 Å². The SMILES string of the molecule is CCCCOC(=O)CCBr. The van der Waals surface area contributed by atoms with Gasteiger partial charge in [0.1, 0.15) is 0 Å². The van der Waals surface area contributed by atoms with Gasteiger partial charge in [-0.3, -0.25) is 4.79 Å². The summed E-state index contributed by atoms with van der Waals surface area (Å²) in [6, 6.07) is 0. The van der Waals surface area contributed by atoms with Crippen LogP contribution in [0.4, 0.5) is 0 Å². The zero-order chi connectivity index (χ0) is 7.82. The molecule has 0 aromatic heterocycles. The number of hydrogen-bond acceptors (Lipinski definition) is 2. The molecule has 0 heterocycles. The molecule has 0 unspecified atom stereocenters. The molecule has 0 atom stereocenters. The van der Waals surface area contributed by atoms with Crippen molar-refractivity contribution >= 4 is 21.9 Å². The van der Waals surface area contributed by atoms with E-state index in [1.54, 1.807) is 0 Å². The maximum absolute atomic E-state index is 10.7. The summed E-state index contributed by atoms with van der Waals surface area (Å²) in [5, 5.41) is 0.692. The van der Waals surface area contributed by atoms with E-state index < -0.39 is 0 Å². The summed E-state index contributed by atoms with van der Waals surface area (Å²) in [4.78, 5) is 10.7. The van der Waals surface area contributed by atoms with Crippen LogP contribution in [0.25, 0.3) is 0 Å². The largest absolute Gasteiger partial charge is 0.466 e. The molecule has 0 N–H and O–H groups in total. The minimum absolute atomic E-state index is 0.106. The predicted octanol–water partition coefficient (Wildman–Crippen LogP) is 2.11. The molecule has 2 nitrogen and oxygen atoms in total. The Balaban J connectivity index is 3.05. The quantitative estimate of drug-likeness (QED) is 0.393. The van der Waals surface area contributed by atoms with Crippen LogP contribution >= 0.6 is 15.9 Å². The monoisotopic (exact) mass is 208 g/mol. The van der Waals surface area contributed by atoms with Gasteiger partial charge >= 0.3 is 5.97 Å². The minimum atomic E-state index is -0.106. The van der Waals surface area contributed by atoms with Gasteiger partial charge in [0, 0.05) is 5.33 Å². The summed E-state index contributed by atoms with van der Waals surface area (Å²) in [5.41, 5.74) is 0. The Kier molecular flexibility index (Phi) is 7.03. The second-order valence-electron chi connectivity index (χ2n) is 2.01. The van der Waals surface area contributed by atoms with Gasteiger partial charge in [0.05, 0.1) is 13.0 Å². The second-order valence-corrected chi connectivity index (χ2v) is 2.81. The third-order valence-electron chi connectivity index (χ3n) is 1.06. The third kappa shape index (κ3) is 6.08. The van der Waals surface area contributed by atoms with Crippen LogP contribution in [0.5, 0.6) is 0 Å². The first kappa shape index (κ1) is 9.95. The van der Waals surface area contributed by atoms with Crippen molar-refractivity contribution in [3.63, 3.8) is 0 Å². The lowest BCUT2D eigenvalue weighted by Gasteiger charge is -2.00. The summed E-state index contributed by atoms with van der Waals surface area (Å²) < 4.78 is 4.85. The Morgan fingerprint density at radius 1 is 1.60 bits per heavy atom. The lowest BCUT2D eigenvalue weighted by atomic mass is 10.4. The highest BCUT2D eigenvalue weighted by Crippen LogP contribution is 1.93. The summed E-state index contributed by atoms with van der Waals surface area (Å²) in [7, 11) is 0. The van der Waals surface area contributed by atoms with Crippen molar-refractivity contribution in [1.82, 2.24) is 0 Å². The average molecular weight is 209 g/mol. The molecule has 0 fully saturated rings. The lowest BCUT2D eigenvalue weighted by Crippen LogP contribution is -2.05. The zero-order valence-corrected chi connectivity index (χ0v) is 7.82. The molecule has 0 aromatic carbocycles. The Hall–Kier alpha value is -0.0500. The average Bonchev–Trinajstić information content (AvgIpc) is 1.89. The number of unbranched alkanes of at least 4 members (excludes halogenated alkanes) is 1. The third-order valence-corrected chi connectivity index (χ3v) is 1.46. The first-order valence-electron chi connectivity index (χ1n) is 3.52. The van der Waals surface area contributed by atoms with Crippen LogP contribution in [-0.4, -0.2) is 17.9 Å². The zero-order valence-electron chi connectivity index (χ0n) is 6.23. The first-order chi connectivity index (χ1) is 4.81. The highest BCUT2D eigenvalue weighted by atomic mass is 79.9. The molecule has 0 aromatic rings. The minimum Gasteiger partial charge on any atom is -0.466 e. The summed E-state index contributed by atoms with van der Waals surface area (Å²) in [5.74, 6) is -0.106. The van der Waals surface area contributed by atoms with Crippen LogP contribution < -0.4 is 0 Å². The Morgan fingerprint density at radius 3 is 2.80 bits per heavy atom. The number of carbonyl (C=O) groups excluding carboxylic acids is 1. The van der Waals surface area contributed by atoms with Gasteiger partial charge < -0.3 is 4.74 Å². The highest BCUT2D eigenvalue weighted by molar-refractivity contribution is 9.09. The summed E-state index contributed by atoms with van der Waals surface area (Å²) in [6.07, 6.45) is 2.51. The van der Waals surface area contributed by atoms with E-state index in [2.05, 4.69) is 22.9 Å². The van der Waals surface area contributed by atoms with Gasteiger partial charge in [-0.05, 0) is 6.42 Å². The molecule has 0 aliphatic carbocycles. The van der Waals surface area contributed by atoms with E-state index in [0.717, 1.165) is 12.8 Å². The topological polar surface area (TPSA) is 26.3 Å². The fourth-order valence-electron chi connectivity index (χ4n) is 0.480. The van der Waals surface area contributed by atoms with Gasteiger partial charge in [0.15, 0.2) is 0 Å². The van der Waals surface area contributed by atoms with Gasteiger partial charge in [-0.1, -0.05) is 29.3 Å². The van der Waals surface area contributed by atoms with E-state index in [1.807, 2.05) is 0 Å². The Morgan fingerprint density at radius 2 is 2.30 bits per heavy atom. The fourth-order valence-corrected chi connectivity index (χ4v) is 0.803. The van der Waals surface area contributed by atoms with Crippen molar-refractivity contribution in [1.29, 1.82) is 0 Å². The predicted molar refractivity (Wildman–Crippen MR) is 44.3 cm³/mol. The summed E-state index contributed by atoms with van der Waals surface area (Å²) in [6.45, 7) is 2.64. The number of esters is 1. The van der Waals surface area contributed by atoms with Gasteiger partial charge in [-0.15, -0.1) is 0 Å². The number of alkyl halides is 1. The van der Waals surface area contributed by atoms with Crippen LogP contribution in [0, 0.1) is 0 Å². The van der Waals surface area contributed by atoms with Crippen molar-refractivity contribution in [2.45, 2.75) is 26.2 Å². The van der Waals surface area contributed by atoms with E-state index >= 15 is 0 Å². The molecule has 0 amide bonds. The Labute approximate surface area is 70.1 Å². The van der Waals surface area contributed by atoms with Crippen molar-refractivity contribution in [2.75, 3.05) is 11.9 Å². The molecule has 3 heteroatoms. The molecule has 0 spiro atoms. The van der Waals surface area contributed by atoms with Crippen LogP contribution in [0.15, 0.2) is 0 Å². The highest BCUT2D eigenvalue weighted by Gasteiger charge is 1.98. The van der Waals surface area contributed by atoms with Crippen molar-refractivity contribution < 1.29 is 9.53 Å². The number of rotatable bonds is 5. The molecular weight excluding hydrogens is 196 g/mol. The molecule has 60 valence electrons. The standard InChI is InChI=1S/C7H13BrO2/c1-2-3-6-10-7(9)4-5-8/h2-6H2,1H3. The smallest absolute Gasteiger partial charge is 0.306 e. The number of hydrogen-bond donors (Lipinski definition) is 0. The van der Waals surface area contributed by atoms with Crippen LogP contribution in [0.3, 0.4) is 0 Å². The van der Waals surface area contributed by atoms with Gasteiger partial charge in [0.25, 0.3) is 0 Å². The van der Waals surface area contributed by atoms with Crippen molar-refractivity contribution in [3.05, 3.63) is 0 Å². The van der Waals surface area contributed by atoms with Crippen LogP contribution in [0.1, 0.15) is 26.2 Å². The van der Waals surface area contributed by atoms with Crippen molar-refractivity contribution in [3.8, 4) is 0 Å². The lowest BCUT2D eigenvalue weighted by molar-refractivity contribution is -0.143. The molecule has 0 aliphatic heterocycles. The van der Waals surface area contributed by atoms with E-state index in [1.165, 1.54) is 0 Å². The van der Waals surface area contributed by atoms with E-state index in [-0.39, 0.29) is 5.97 Å². The molecule has 0 bridgehead atoms. The molecule has 0 aliphatic rings. The number of ether oxygens (including phenoxy) is 1. The molecule has 0 rings (SSSR count). The van der Waals surface area contributed by atoms with Gasteiger partial charge in [-0.2, -0.15) is 0 Å². The van der Waals surface area contributed by atoms with Gasteiger partial charge in [0.2, 0.25) is 0 Å². The van der Waals surface area contributed by atoms with Crippen LogP contribution in [-0.2, 0) is 9.53 Å². The van der Waals surface area contributed by atoms with E-state index in [9.17, 15) is 4.79 Å². The maximum atomic E-state index is 10.7. The first-order valence-corrected chi connectivity index (χ1v) is 4.65. The molecule has 0 saturated heterocycles. The second kappa shape index (κ2) is 7.06. The maximum Gasteiger partial charge on any atom is 0.306 e. The Bertz CT molecular complexity index is 93.6. The molecule has 0 radical (unpaired) electrons. The molecule has 10 heavy (non-hydrogen) atoms. The number of carbonyl (C=O) groups is 1. The van der Waals surface area contributed by atoms with Gasteiger partial charge in [-0.25, -0.2) is 0 Å². The number of halogens is 1.